The zero-order valence-electron chi connectivity index (χ0n) is 11.1. The van der Waals surface area contributed by atoms with Crippen molar-refractivity contribution < 1.29 is 14.3 Å². The van der Waals surface area contributed by atoms with Gasteiger partial charge in [0, 0.05) is 18.2 Å². The summed E-state index contributed by atoms with van der Waals surface area (Å²) in [6, 6.07) is 5.09. The van der Waals surface area contributed by atoms with Gasteiger partial charge in [0.1, 0.15) is 11.5 Å². The first kappa shape index (κ1) is 14.0. The second kappa shape index (κ2) is 6.15. The molecule has 0 spiro atoms. The molecule has 4 nitrogen and oxygen atoms in total. The first-order chi connectivity index (χ1) is 9.13. The number of carbonyl (C=O) groups is 1. The summed E-state index contributed by atoms with van der Waals surface area (Å²) in [4.78, 5) is 12.0. The molecule has 0 aliphatic heterocycles. The number of carbonyl (C=O) groups excluding carboxylic acids is 1. The topological polar surface area (TPSA) is 47.6 Å². The average Bonchev–Trinajstić information content (AvgIpc) is 3.28. The molecule has 0 aromatic heterocycles. The Hall–Kier alpha value is -1.42. The van der Waals surface area contributed by atoms with Crippen LogP contribution in [-0.4, -0.2) is 32.0 Å². The Balaban J connectivity index is 2.00. The number of amides is 1. The number of hydrogen-bond acceptors (Lipinski definition) is 3. The number of nitrogens with one attached hydrogen (secondary N) is 1. The molecule has 5 heteroatoms. The number of halogens is 1. The van der Waals surface area contributed by atoms with Crippen LogP contribution >= 0.6 is 11.6 Å². The van der Waals surface area contributed by atoms with E-state index in [4.69, 9.17) is 21.1 Å². The SMILES string of the molecule is COc1cc(OC)cc(C(=O)NCC(Cl)C2CC2)c1. The van der Waals surface area contributed by atoms with Crippen LogP contribution < -0.4 is 14.8 Å². The first-order valence-corrected chi connectivity index (χ1v) is 6.73. The van der Waals surface area contributed by atoms with Crippen LogP contribution in [0.25, 0.3) is 0 Å². The van der Waals surface area contributed by atoms with Gasteiger partial charge in [-0.3, -0.25) is 4.79 Å². The van der Waals surface area contributed by atoms with Crippen LogP contribution in [0.2, 0.25) is 0 Å². The van der Waals surface area contributed by atoms with E-state index in [0.29, 0.717) is 29.5 Å². The lowest BCUT2D eigenvalue weighted by atomic mass is 10.2. The fraction of sp³-hybridized carbons (Fsp3) is 0.500. The minimum Gasteiger partial charge on any atom is -0.497 e. The van der Waals surface area contributed by atoms with Gasteiger partial charge in [-0.1, -0.05) is 0 Å². The van der Waals surface area contributed by atoms with Crippen molar-refractivity contribution >= 4 is 17.5 Å². The monoisotopic (exact) mass is 283 g/mol. The minimum atomic E-state index is -0.163. The summed E-state index contributed by atoms with van der Waals surface area (Å²) in [7, 11) is 3.11. The molecule has 1 N–H and O–H groups in total. The molecule has 1 fully saturated rings. The Kier molecular flexibility index (Phi) is 4.53. The molecule has 1 atom stereocenters. The van der Waals surface area contributed by atoms with E-state index in [1.54, 1.807) is 32.4 Å². The van der Waals surface area contributed by atoms with Gasteiger partial charge in [-0.2, -0.15) is 0 Å². The van der Waals surface area contributed by atoms with Gasteiger partial charge in [-0.25, -0.2) is 0 Å². The summed E-state index contributed by atoms with van der Waals surface area (Å²) in [6.07, 6.45) is 2.33. The maximum Gasteiger partial charge on any atom is 0.251 e. The Morgan fingerprint density at radius 2 is 1.89 bits per heavy atom. The van der Waals surface area contributed by atoms with E-state index in [2.05, 4.69) is 5.32 Å². The molecule has 0 heterocycles. The van der Waals surface area contributed by atoms with Crippen molar-refractivity contribution in [2.75, 3.05) is 20.8 Å². The zero-order valence-corrected chi connectivity index (χ0v) is 11.9. The van der Waals surface area contributed by atoms with Crippen molar-refractivity contribution in [3.05, 3.63) is 23.8 Å². The highest BCUT2D eigenvalue weighted by atomic mass is 35.5. The molecular weight excluding hydrogens is 266 g/mol. The Bertz CT molecular complexity index is 438. The van der Waals surface area contributed by atoms with Crippen molar-refractivity contribution in [1.82, 2.24) is 5.32 Å². The van der Waals surface area contributed by atoms with Gasteiger partial charge >= 0.3 is 0 Å². The molecule has 1 unspecified atom stereocenters. The fourth-order valence-corrected chi connectivity index (χ4v) is 2.18. The van der Waals surface area contributed by atoms with Crippen molar-refractivity contribution in [3.63, 3.8) is 0 Å². The lowest BCUT2D eigenvalue weighted by Crippen LogP contribution is -2.30. The van der Waals surface area contributed by atoms with E-state index in [1.165, 1.54) is 0 Å². The number of methoxy groups -OCH3 is 2. The Morgan fingerprint density at radius 1 is 1.32 bits per heavy atom. The second-order valence-electron chi connectivity index (χ2n) is 4.66. The number of hydrogen-bond donors (Lipinski definition) is 1. The second-order valence-corrected chi connectivity index (χ2v) is 5.23. The van der Waals surface area contributed by atoms with E-state index in [1.807, 2.05) is 0 Å². The third kappa shape index (κ3) is 3.77. The smallest absolute Gasteiger partial charge is 0.251 e. The maximum absolute atomic E-state index is 12.0. The van der Waals surface area contributed by atoms with Crippen LogP contribution in [0.15, 0.2) is 18.2 Å². The number of alkyl halides is 1. The third-order valence-corrected chi connectivity index (χ3v) is 3.72. The van der Waals surface area contributed by atoms with Crippen LogP contribution in [0.3, 0.4) is 0 Å². The van der Waals surface area contributed by atoms with Crippen molar-refractivity contribution in [2.45, 2.75) is 18.2 Å². The number of benzene rings is 1. The average molecular weight is 284 g/mol. The zero-order chi connectivity index (χ0) is 13.8. The molecule has 1 aromatic rings. The molecule has 1 amide bonds. The summed E-state index contributed by atoms with van der Waals surface area (Å²) >= 11 is 6.16. The highest BCUT2D eigenvalue weighted by Crippen LogP contribution is 2.35. The van der Waals surface area contributed by atoms with Crippen LogP contribution in [0.1, 0.15) is 23.2 Å². The molecule has 0 radical (unpaired) electrons. The standard InChI is InChI=1S/C14H18ClNO3/c1-18-11-5-10(6-12(7-11)19-2)14(17)16-8-13(15)9-3-4-9/h5-7,9,13H,3-4,8H2,1-2H3,(H,16,17). The largest absolute Gasteiger partial charge is 0.497 e. The Morgan fingerprint density at radius 3 is 2.37 bits per heavy atom. The molecule has 19 heavy (non-hydrogen) atoms. The molecule has 1 saturated carbocycles. The number of rotatable bonds is 6. The van der Waals surface area contributed by atoms with Crippen LogP contribution in [0.4, 0.5) is 0 Å². The van der Waals surface area contributed by atoms with Gasteiger partial charge < -0.3 is 14.8 Å². The van der Waals surface area contributed by atoms with E-state index in [9.17, 15) is 4.79 Å². The first-order valence-electron chi connectivity index (χ1n) is 6.29. The summed E-state index contributed by atoms with van der Waals surface area (Å²) < 4.78 is 10.3. The molecule has 1 aromatic carbocycles. The summed E-state index contributed by atoms with van der Waals surface area (Å²) in [5.74, 6) is 1.58. The maximum atomic E-state index is 12.0. The number of ether oxygens (including phenoxy) is 2. The summed E-state index contributed by atoms with van der Waals surface area (Å²) in [6.45, 7) is 0.491. The highest BCUT2D eigenvalue weighted by Gasteiger charge is 2.29. The van der Waals surface area contributed by atoms with E-state index in [-0.39, 0.29) is 11.3 Å². The van der Waals surface area contributed by atoms with Crippen molar-refractivity contribution in [1.29, 1.82) is 0 Å². The molecule has 0 saturated heterocycles. The van der Waals surface area contributed by atoms with Crippen LogP contribution in [0, 0.1) is 5.92 Å². The highest BCUT2D eigenvalue weighted by molar-refractivity contribution is 6.21. The van der Waals surface area contributed by atoms with Gasteiger partial charge in [0.15, 0.2) is 0 Å². The molecule has 1 aliphatic rings. The van der Waals surface area contributed by atoms with Crippen LogP contribution in [-0.2, 0) is 0 Å². The molecule has 2 rings (SSSR count). The van der Waals surface area contributed by atoms with Gasteiger partial charge in [0.2, 0.25) is 0 Å². The predicted molar refractivity (Wildman–Crippen MR) is 74.2 cm³/mol. The quantitative estimate of drug-likeness (QED) is 0.816. The van der Waals surface area contributed by atoms with E-state index < -0.39 is 0 Å². The van der Waals surface area contributed by atoms with Crippen molar-refractivity contribution in [3.8, 4) is 11.5 Å². The van der Waals surface area contributed by atoms with Gasteiger partial charge in [0.05, 0.1) is 19.6 Å². The predicted octanol–water partition coefficient (Wildman–Crippen LogP) is 2.45. The van der Waals surface area contributed by atoms with Crippen molar-refractivity contribution in [2.24, 2.45) is 5.92 Å². The van der Waals surface area contributed by atoms with Gasteiger partial charge in [-0.05, 0) is 30.9 Å². The molecule has 0 bridgehead atoms. The van der Waals surface area contributed by atoms with E-state index in [0.717, 1.165) is 12.8 Å². The summed E-state index contributed by atoms with van der Waals surface area (Å²) in [5, 5.41) is 2.87. The minimum absolute atomic E-state index is 0.0245. The lowest BCUT2D eigenvalue weighted by molar-refractivity contribution is 0.0952. The lowest BCUT2D eigenvalue weighted by Gasteiger charge is -2.11. The fourth-order valence-electron chi connectivity index (χ4n) is 1.86. The normalized spacial score (nSPS) is 15.7. The van der Waals surface area contributed by atoms with Gasteiger partial charge in [0.25, 0.3) is 5.91 Å². The molecule has 104 valence electrons. The van der Waals surface area contributed by atoms with E-state index >= 15 is 0 Å². The Labute approximate surface area is 118 Å². The van der Waals surface area contributed by atoms with Gasteiger partial charge in [-0.15, -0.1) is 11.6 Å². The third-order valence-electron chi connectivity index (χ3n) is 3.20. The summed E-state index contributed by atoms with van der Waals surface area (Å²) in [5.41, 5.74) is 0.510. The molecular formula is C14H18ClNO3. The molecule has 1 aliphatic carbocycles. The van der Waals surface area contributed by atoms with Crippen LogP contribution in [0.5, 0.6) is 11.5 Å².